The molecule has 21 heavy (non-hydrogen) atoms. The van der Waals surface area contributed by atoms with Gasteiger partial charge in [-0.1, -0.05) is 33.0 Å². The van der Waals surface area contributed by atoms with Gasteiger partial charge in [0, 0.05) is 43.8 Å². The summed E-state index contributed by atoms with van der Waals surface area (Å²) in [7, 11) is 0. The van der Waals surface area contributed by atoms with Crippen molar-refractivity contribution < 1.29 is 9.47 Å². The summed E-state index contributed by atoms with van der Waals surface area (Å²) in [6.07, 6.45) is 1.59. The number of hydrogen-bond acceptors (Lipinski definition) is 4. The molecule has 1 aromatic rings. The second kappa shape index (κ2) is 6.44. The lowest BCUT2D eigenvalue weighted by Gasteiger charge is -2.36. The lowest BCUT2D eigenvalue weighted by molar-refractivity contribution is -0.118. The maximum atomic E-state index is 6.08. The van der Waals surface area contributed by atoms with E-state index in [-0.39, 0.29) is 5.41 Å². The Morgan fingerprint density at radius 2 is 2.00 bits per heavy atom. The Labute approximate surface area is 139 Å². The fourth-order valence-corrected chi connectivity index (χ4v) is 3.59. The van der Waals surface area contributed by atoms with Crippen LogP contribution < -0.4 is 0 Å². The molecule has 1 aliphatic rings. The van der Waals surface area contributed by atoms with E-state index in [9.17, 15) is 0 Å². The van der Waals surface area contributed by atoms with Gasteiger partial charge in [0.2, 0.25) is 0 Å². The molecule has 1 N–H and O–H groups in total. The number of ether oxygens (including phenoxy) is 2. The highest BCUT2D eigenvalue weighted by atomic mass is 79.9. The standard InChI is InChI=1S/C15H23BrN2O2S/c1-5-20-15(6-8-19-9-7-15)13-17-11(14(2,3)4)10(16)12(21)18-13/h5-9H2,1-4H3,(H,17,18,21). The van der Waals surface area contributed by atoms with Crippen LogP contribution in [-0.2, 0) is 20.5 Å². The largest absolute Gasteiger partial charge is 0.381 e. The van der Waals surface area contributed by atoms with Crippen molar-refractivity contribution in [3.8, 4) is 0 Å². The van der Waals surface area contributed by atoms with Gasteiger partial charge in [-0.3, -0.25) is 0 Å². The smallest absolute Gasteiger partial charge is 0.144 e. The Kier molecular flexibility index (Phi) is 5.23. The number of H-pyrrole nitrogens is 1. The van der Waals surface area contributed by atoms with Crippen LogP contribution in [0.5, 0.6) is 0 Å². The summed E-state index contributed by atoms with van der Waals surface area (Å²) in [6, 6.07) is 0. The van der Waals surface area contributed by atoms with Crippen LogP contribution in [0, 0.1) is 4.64 Å². The normalized spacial score (nSPS) is 18.7. The molecule has 0 unspecified atom stereocenters. The SMILES string of the molecule is CCOC1(c2nc(=S)c(Br)c(C(C)(C)C)[nH]2)CCOCC1. The molecule has 4 nitrogen and oxygen atoms in total. The number of nitrogens with zero attached hydrogens (tertiary/aromatic N) is 1. The van der Waals surface area contributed by atoms with Gasteiger partial charge in [0.15, 0.2) is 0 Å². The number of rotatable bonds is 3. The molecule has 118 valence electrons. The third kappa shape index (κ3) is 3.55. The Hall–Kier alpha value is -0.300. The van der Waals surface area contributed by atoms with E-state index in [1.54, 1.807) is 0 Å². The van der Waals surface area contributed by atoms with Crippen molar-refractivity contribution in [2.75, 3.05) is 19.8 Å². The van der Waals surface area contributed by atoms with E-state index in [1.807, 2.05) is 6.92 Å². The van der Waals surface area contributed by atoms with Crippen LogP contribution >= 0.6 is 28.1 Å². The quantitative estimate of drug-likeness (QED) is 0.803. The van der Waals surface area contributed by atoms with Gasteiger partial charge in [-0.2, -0.15) is 0 Å². The molecule has 0 atom stereocenters. The molecule has 1 aliphatic heterocycles. The lowest BCUT2D eigenvalue weighted by atomic mass is 9.89. The van der Waals surface area contributed by atoms with Crippen molar-refractivity contribution in [2.24, 2.45) is 0 Å². The summed E-state index contributed by atoms with van der Waals surface area (Å²) in [5.41, 5.74) is 0.590. The zero-order chi connectivity index (χ0) is 15.7. The summed E-state index contributed by atoms with van der Waals surface area (Å²) >= 11 is 9.00. The first kappa shape index (κ1) is 17.1. The summed E-state index contributed by atoms with van der Waals surface area (Å²) < 4.78 is 13.0. The Morgan fingerprint density at radius 1 is 1.38 bits per heavy atom. The highest BCUT2D eigenvalue weighted by Gasteiger charge is 2.38. The Bertz CT molecular complexity index is 554. The zero-order valence-electron chi connectivity index (χ0n) is 13.1. The van der Waals surface area contributed by atoms with Gasteiger partial charge in [0.1, 0.15) is 16.1 Å². The number of aromatic nitrogens is 2. The molecule has 0 amide bonds. The van der Waals surface area contributed by atoms with E-state index in [0.717, 1.165) is 28.8 Å². The van der Waals surface area contributed by atoms with Gasteiger partial charge in [-0.25, -0.2) is 4.98 Å². The molecule has 0 aromatic carbocycles. The van der Waals surface area contributed by atoms with Crippen LogP contribution in [0.15, 0.2) is 4.47 Å². The van der Waals surface area contributed by atoms with E-state index >= 15 is 0 Å². The van der Waals surface area contributed by atoms with Crippen molar-refractivity contribution in [1.82, 2.24) is 9.97 Å². The van der Waals surface area contributed by atoms with E-state index in [2.05, 4.69) is 46.7 Å². The van der Waals surface area contributed by atoms with Crippen LogP contribution in [0.3, 0.4) is 0 Å². The molecule has 0 aliphatic carbocycles. The van der Waals surface area contributed by atoms with Crippen molar-refractivity contribution in [1.29, 1.82) is 0 Å². The molecule has 2 heterocycles. The summed E-state index contributed by atoms with van der Waals surface area (Å²) in [5.74, 6) is 0.825. The average Bonchev–Trinajstić information content (AvgIpc) is 2.41. The predicted octanol–water partition coefficient (Wildman–Crippen LogP) is 4.24. The van der Waals surface area contributed by atoms with Crippen molar-refractivity contribution in [3.63, 3.8) is 0 Å². The van der Waals surface area contributed by atoms with Gasteiger partial charge < -0.3 is 14.5 Å². The second-order valence-corrected chi connectivity index (χ2v) is 7.55. The minimum absolute atomic E-state index is 0.0529. The highest BCUT2D eigenvalue weighted by molar-refractivity contribution is 9.10. The summed E-state index contributed by atoms with van der Waals surface area (Å²) in [5, 5.41) is 0. The maximum Gasteiger partial charge on any atom is 0.144 e. The fraction of sp³-hybridized carbons (Fsp3) is 0.733. The molecular weight excluding hydrogens is 352 g/mol. The molecule has 0 bridgehead atoms. The number of nitrogens with one attached hydrogen (secondary N) is 1. The maximum absolute atomic E-state index is 6.08. The molecule has 0 saturated carbocycles. The lowest BCUT2D eigenvalue weighted by Crippen LogP contribution is -2.39. The molecule has 0 radical (unpaired) electrons. The van der Waals surface area contributed by atoms with E-state index in [0.29, 0.717) is 24.5 Å². The van der Waals surface area contributed by atoms with E-state index in [1.165, 1.54) is 0 Å². The minimum atomic E-state index is -0.415. The topological polar surface area (TPSA) is 47.1 Å². The first-order valence-corrected chi connectivity index (χ1v) is 8.53. The van der Waals surface area contributed by atoms with Gasteiger partial charge in [-0.05, 0) is 22.9 Å². The first-order chi connectivity index (χ1) is 9.80. The average molecular weight is 375 g/mol. The number of halogens is 1. The van der Waals surface area contributed by atoms with Crippen molar-refractivity contribution in [3.05, 3.63) is 20.6 Å². The molecule has 1 aromatic heterocycles. The highest BCUT2D eigenvalue weighted by Crippen LogP contribution is 2.37. The van der Waals surface area contributed by atoms with Crippen LogP contribution in [0.25, 0.3) is 0 Å². The zero-order valence-corrected chi connectivity index (χ0v) is 15.5. The molecular formula is C15H23BrN2O2S. The van der Waals surface area contributed by atoms with Crippen LogP contribution in [-0.4, -0.2) is 29.8 Å². The van der Waals surface area contributed by atoms with Crippen LogP contribution in [0.2, 0.25) is 0 Å². The molecule has 2 rings (SSSR count). The fourth-order valence-electron chi connectivity index (χ4n) is 2.62. The van der Waals surface area contributed by atoms with E-state index in [4.69, 9.17) is 21.7 Å². The second-order valence-electron chi connectivity index (χ2n) is 6.37. The molecule has 1 fully saturated rings. The third-order valence-corrected chi connectivity index (χ3v) is 5.10. The van der Waals surface area contributed by atoms with Crippen LogP contribution in [0.4, 0.5) is 0 Å². The molecule has 6 heteroatoms. The van der Waals surface area contributed by atoms with E-state index < -0.39 is 5.60 Å². The molecule has 1 saturated heterocycles. The van der Waals surface area contributed by atoms with Gasteiger partial charge >= 0.3 is 0 Å². The van der Waals surface area contributed by atoms with Gasteiger partial charge in [0.25, 0.3) is 0 Å². The Morgan fingerprint density at radius 3 is 2.52 bits per heavy atom. The third-order valence-electron chi connectivity index (χ3n) is 3.77. The first-order valence-electron chi connectivity index (χ1n) is 7.32. The Balaban J connectivity index is 2.56. The monoisotopic (exact) mass is 374 g/mol. The van der Waals surface area contributed by atoms with Crippen molar-refractivity contribution >= 4 is 28.1 Å². The summed E-state index contributed by atoms with van der Waals surface area (Å²) in [6.45, 7) is 10.5. The predicted molar refractivity (Wildman–Crippen MR) is 89.2 cm³/mol. The van der Waals surface area contributed by atoms with Crippen molar-refractivity contribution in [2.45, 2.75) is 51.6 Å². The molecule has 0 spiro atoms. The summed E-state index contributed by atoms with van der Waals surface area (Å²) in [4.78, 5) is 8.08. The van der Waals surface area contributed by atoms with Gasteiger partial charge in [0.05, 0.1) is 4.47 Å². The van der Waals surface area contributed by atoms with Gasteiger partial charge in [-0.15, -0.1) is 0 Å². The number of hydrogen-bond donors (Lipinski definition) is 1. The van der Waals surface area contributed by atoms with Crippen LogP contribution in [0.1, 0.15) is 52.1 Å². The number of aromatic amines is 1. The minimum Gasteiger partial charge on any atom is -0.381 e.